The van der Waals surface area contributed by atoms with Crippen molar-refractivity contribution in [1.29, 1.82) is 0 Å². The molecular formula is C11H11FN4. The molecule has 2 aromatic rings. The summed E-state index contributed by atoms with van der Waals surface area (Å²) in [7, 11) is 0. The maximum absolute atomic E-state index is 13.0. The summed E-state index contributed by atoms with van der Waals surface area (Å²) in [5, 5.41) is 0. The lowest BCUT2D eigenvalue weighted by atomic mass is 10.2. The monoisotopic (exact) mass is 218 g/mol. The van der Waals surface area contributed by atoms with E-state index in [0.717, 1.165) is 17.6 Å². The molecule has 2 N–H and O–H groups in total. The van der Waals surface area contributed by atoms with Crippen molar-refractivity contribution >= 4 is 5.82 Å². The number of aryl methyl sites for hydroxylation is 2. The molecule has 0 amide bonds. The third-order valence-electron chi connectivity index (χ3n) is 2.31. The number of hydrogen-bond donors (Lipinski definition) is 1. The molecule has 16 heavy (non-hydrogen) atoms. The molecule has 0 saturated carbocycles. The van der Waals surface area contributed by atoms with E-state index in [-0.39, 0.29) is 5.82 Å². The molecule has 2 heterocycles. The number of hydrogen-bond acceptors (Lipinski definition) is 4. The summed E-state index contributed by atoms with van der Waals surface area (Å²) in [5.74, 6) is -0.132. The van der Waals surface area contributed by atoms with Crippen molar-refractivity contribution in [2.45, 2.75) is 13.8 Å². The first-order chi connectivity index (χ1) is 7.58. The molecule has 0 unspecified atom stereocenters. The Hall–Kier alpha value is -2.04. The number of pyridine rings is 1. The van der Waals surface area contributed by atoms with Gasteiger partial charge in [-0.15, -0.1) is 0 Å². The highest BCUT2D eigenvalue weighted by Crippen LogP contribution is 2.22. The van der Waals surface area contributed by atoms with Gasteiger partial charge in [0.15, 0.2) is 0 Å². The zero-order valence-corrected chi connectivity index (χ0v) is 9.03. The second kappa shape index (κ2) is 3.84. The van der Waals surface area contributed by atoms with Gasteiger partial charge in [-0.1, -0.05) is 0 Å². The summed E-state index contributed by atoms with van der Waals surface area (Å²) in [5.41, 5.74) is 8.29. The lowest BCUT2D eigenvalue weighted by Crippen LogP contribution is -2.02. The Balaban J connectivity index is 2.60. The first-order valence-electron chi connectivity index (χ1n) is 4.79. The Morgan fingerprint density at radius 3 is 2.50 bits per heavy atom. The molecule has 2 aromatic heterocycles. The number of aromatic nitrogens is 3. The van der Waals surface area contributed by atoms with Crippen molar-refractivity contribution in [1.82, 2.24) is 15.0 Å². The van der Waals surface area contributed by atoms with Crippen LogP contribution < -0.4 is 5.73 Å². The molecule has 2 rings (SSSR count). The van der Waals surface area contributed by atoms with Crippen molar-refractivity contribution in [3.05, 3.63) is 35.7 Å². The Kier molecular flexibility index (Phi) is 2.52. The summed E-state index contributed by atoms with van der Waals surface area (Å²) in [4.78, 5) is 12.2. The van der Waals surface area contributed by atoms with E-state index in [1.807, 2.05) is 13.8 Å². The maximum atomic E-state index is 13.0. The van der Waals surface area contributed by atoms with Gasteiger partial charge in [0, 0.05) is 11.8 Å². The van der Waals surface area contributed by atoms with Crippen molar-refractivity contribution in [3.63, 3.8) is 0 Å². The number of halogens is 1. The summed E-state index contributed by atoms with van der Waals surface area (Å²) >= 11 is 0. The van der Waals surface area contributed by atoms with E-state index in [2.05, 4.69) is 15.0 Å². The lowest BCUT2D eigenvalue weighted by Gasteiger charge is -2.07. The number of rotatable bonds is 1. The van der Waals surface area contributed by atoms with Crippen LogP contribution in [0.25, 0.3) is 11.3 Å². The fourth-order valence-corrected chi connectivity index (χ4v) is 1.37. The van der Waals surface area contributed by atoms with Crippen LogP contribution in [-0.4, -0.2) is 15.0 Å². The minimum Gasteiger partial charge on any atom is -0.382 e. The quantitative estimate of drug-likeness (QED) is 0.793. The molecule has 0 spiro atoms. The van der Waals surface area contributed by atoms with Gasteiger partial charge in [0.1, 0.15) is 17.3 Å². The van der Waals surface area contributed by atoms with Crippen LogP contribution in [-0.2, 0) is 0 Å². The van der Waals surface area contributed by atoms with Gasteiger partial charge < -0.3 is 5.73 Å². The molecule has 0 bridgehead atoms. The predicted molar refractivity (Wildman–Crippen MR) is 59.1 cm³/mol. The van der Waals surface area contributed by atoms with Crippen LogP contribution in [0.5, 0.6) is 0 Å². The molecule has 0 atom stereocenters. The summed E-state index contributed by atoms with van der Waals surface area (Å²) in [6.45, 7) is 3.66. The standard InChI is InChI=1S/C11H11FN4/c1-6-7(2)16-11(13)10(15-6)8-3-9(12)5-14-4-8/h3-5H,1-2H3,(H2,13,16). The highest BCUT2D eigenvalue weighted by atomic mass is 19.1. The van der Waals surface area contributed by atoms with Crippen LogP contribution in [0.2, 0.25) is 0 Å². The van der Waals surface area contributed by atoms with Gasteiger partial charge in [-0.05, 0) is 19.9 Å². The third kappa shape index (κ3) is 1.84. The maximum Gasteiger partial charge on any atom is 0.150 e. The minimum absolute atomic E-state index is 0.288. The van der Waals surface area contributed by atoms with Gasteiger partial charge >= 0.3 is 0 Å². The molecule has 82 valence electrons. The third-order valence-corrected chi connectivity index (χ3v) is 2.31. The Morgan fingerprint density at radius 2 is 1.81 bits per heavy atom. The summed E-state index contributed by atoms with van der Waals surface area (Å²) < 4.78 is 13.0. The van der Waals surface area contributed by atoms with Crippen molar-refractivity contribution in [2.24, 2.45) is 0 Å². The van der Waals surface area contributed by atoms with Gasteiger partial charge in [-0.25, -0.2) is 14.4 Å². The van der Waals surface area contributed by atoms with E-state index in [0.29, 0.717) is 11.3 Å². The molecule has 5 heteroatoms. The van der Waals surface area contributed by atoms with Crippen molar-refractivity contribution < 1.29 is 4.39 Å². The molecule has 0 aliphatic carbocycles. The number of nitrogens with zero attached hydrogens (tertiary/aromatic N) is 3. The van der Waals surface area contributed by atoms with Crippen LogP contribution in [0.3, 0.4) is 0 Å². The van der Waals surface area contributed by atoms with E-state index in [1.165, 1.54) is 12.3 Å². The van der Waals surface area contributed by atoms with E-state index in [1.54, 1.807) is 0 Å². The Bertz CT molecular complexity index is 540. The van der Waals surface area contributed by atoms with Gasteiger partial charge in [-0.2, -0.15) is 0 Å². The number of anilines is 1. The van der Waals surface area contributed by atoms with Crippen LogP contribution in [0.4, 0.5) is 10.2 Å². The van der Waals surface area contributed by atoms with Gasteiger partial charge in [0.2, 0.25) is 0 Å². The first kappa shape index (κ1) is 10.5. The largest absolute Gasteiger partial charge is 0.382 e. The Labute approximate surface area is 92.4 Å². The van der Waals surface area contributed by atoms with Gasteiger partial charge in [0.25, 0.3) is 0 Å². The topological polar surface area (TPSA) is 64.7 Å². The van der Waals surface area contributed by atoms with Gasteiger partial charge in [-0.3, -0.25) is 4.98 Å². The van der Waals surface area contributed by atoms with Crippen LogP contribution in [0, 0.1) is 19.7 Å². The Morgan fingerprint density at radius 1 is 1.12 bits per heavy atom. The van der Waals surface area contributed by atoms with Crippen LogP contribution in [0.1, 0.15) is 11.4 Å². The van der Waals surface area contributed by atoms with E-state index >= 15 is 0 Å². The second-order valence-corrected chi connectivity index (χ2v) is 3.52. The lowest BCUT2D eigenvalue weighted by molar-refractivity contribution is 0.622. The number of nitrogen functional groups attached to an aromatic ring is 1. The molecule has 0 fully saturated rings. The minimum atomic E-state index is -0.420. The van der Waals surface area contributed by atoms with Crippen LogP contribution in [0.15, 0.2) is 18.5 Å². The van der Waals surface area contributed by atoms with E-state index in [4.69, 9.17) is 5.73 Å². The molecular weight excluding hydrogens is 207 g/mol. The van der Waals surface area contributed by atoms with Crippen molar-refractivity contribution in [3.8, 4) is 11.3 Å². The molecule has 0 aliphatic heterocycles. The molecule has 0 saturated heterocycles. The smallest absolute Gasteiger partial charge is 0.150 e. The fraction of sp³-hybridized carbons (Fsp3) is 0.182. The normalized spacial score (nSPS) is 10.4. The fourth-order valence-electron chi connectivity index (χ4n) is 1.37. The zero-order chi connectivity index (χ0) is 11.7. The molecule has 0 radical (unpaired) electrons. The van der Waals surface area contributed by atoms with Gasteiger partial charge in [0.05, 0.1) is 17.6 Å². The zero-order valence-electron chi connectivity index (χ0n) is 9.03. The van der Waals surface area contributed by atoms with E-state index in [9.17, 15) is 4.39 Å². The average molecular weight is 218 g/mol. The predicted octanol–water partition coefficient (Wildman–Crippen LogP) is 1.88. The molecule has 0 aliphatic rings. The molecule has 0 aromatic carbocycles. The SMILES string of the molecule is Cc1nc(N)c(-c2cncc(F)c2)nc1C. The summed E-state index contributed by atoms with van der Waals surface area (Å²) in [6, 6.07) is 1.34. The highest BCUT2D eigenvalue weighted by Gasteiger charge is 2.09. The summed E-state index contributed by atoms with van der Waals surface area (Å²) in [6.07, 6.45) is 2.65. The van der Waals surface area contributed by atoms with E-state index < -0.39 is 5.82 Å². The second-order valence-electron chi connectivity index (χ2n) is 3.52. The number of nitrogens with two attached hydrogens (primary N) is 1. The average Bonchev–Trinajstić information content (AvgIpc) is 2.23. The molecule has 4 nitrogen and oxygen atoms in total. The highest BCUT2D eigenvalue weighted by molar-refractivity contribution is 5.69. The van der Waals surface area contributed by atoms with Crippen LogP contribution >= 0.6 is 0 Å². The van der Waals surface area contributed by atoms with Crippen molar-refractivity contribution in [2.75, 3.05) is 5.73 Å². The first-order valence-corrected chi connectivity index (χ1v) is 4.79.